The summed E-state index contributed by atoms with van der Waals surface area (Å²) in [5, 5.41) is 27.3. The van der Waals surface area contributed by atoms with Gasteiger partial charge in [-0.1, -0.05) is 12.8 Å². The van der Waals surface area contributed by atoms with E-state index in [2.05, 4.69) is 10.6 Å². The van der Waals surface area contributed by atoms with Crippen molar-refractivity contribution in [3.63, 3.8) is 0 Å². The highest BCUT2D eigenvalue weighted by atomic mass is 16.6. The number of hydrogen-bond acceptors (Lipinski definition) is 5. The van der Waals surface area contributed by atoms with E-state index < -0.39 is 4.92 Å². The monoisotopic (exact) mass is 279 g/mol. The van der Waals surface area contributed by atoms with Crippen molar-refractivity contribution in [2.45, 2.75) is 44.8 Å². The number of aliphatic hydroxyl groups excluding tert-OH is 1. The minimum atomic E-state index is -0.399. The number of benzene rings is 1. The molecule has 6 heteroatoms. The average Bonchev–Trinajstić information content (AvgIpc) is 2.41. The summed E-state index contributed by atoms with van der Waals surface area (Å²) >= 11 is 0. The Morgan fingerprint density at radius 3 is 2.65 bits per heavy atom. The summed E-state index contributed by atoms with van der Waals surface area (Å²) in [5.74, 6) is 0. The molecule has 20 heavy (non-hydrogen) atoms. The van der Waals surface area contributed by atoms with Gasteiger partial charge in [0.25, 0.3) is 5.69 Å². The minimum absolute atomic E-state index is 0.0276. The number of non-ortho nitro benzene ring substituents is 1. The lowest BCUT2D eigenvalue weighted by molar-refractivity contribution is -0.384. The van der Waals surface area contributed by atoms with Gasteiger partial charge in [0.05, 0.1) is 17.1 Å². The SMILES string of the molecule is CCNc1cc(NC2CCCCC2O)cc([N+](=O)[O-])c1. The second kappa shape index (κ2) is 6.56. The summed E-state index contributed by atoms with van der Waals surface area (Å²) in [6.07, 6.45) is 3.40. The van der Waals surface area contributed by atoms with E-state index in [4.69, 9.17) is 0 Å². The van der Waals surface area contributed by atoms with Crippen LogP contribution < -0.4 is 10.6 Å². The first-order valence-corrected chi connectivity index (χ1v) is 7.08. The second-order valence-electron chi connectivity index (χ2n) is 5.16. The number of nitro benzene ring substituents is 1. The molecular formula is C14H21N3O3. The third kappa shape index (κ3) is 3.60. The lowest BCUT2D eigenvalue weighted by Gasteiger charge is -2.29. The van der Waals surface area contributed by atoms with E-state index in [9.17, 15) is 15.2 Å². The van der Waals surface area contributed by atoms with E-state index in [1.54, 1.807) is 0 Å². The first-order chi connectivity index (χ1) is 9.60. The van der Waals surface area contributed by atoms with Crippen LogP contribution in [0.25, 0.3) is 0 Å². The number of aliphatic hydroxyl groups is 1. The topological polar surface area (TPSA) is 87.4 Å². The average molecular weight is 279 g/mol. The van der Waals surface area contributed by atoms with Crippen molar-refractivity contribution in [2.24, 2.45) is 0 Å². The van der Waals surface area contributed by atoms with E-state index in [-0.39, 0.29) is 17.8 Å². The Hall–Kier alpha value is -1.82. The molecule has 0 bridgehead atoms. The number of anilines is 2. The summed E-state index contributed by atoms with van der Waals surface area (Å²) in [6.45, 7) is 2.64. The lowest BCUT2D eigenvalue weighted by atomic mass is 9.92. The van der Waals surface area contributed by atoms with Gasteiger partial charge in [0.15, 0.2) is 0 Å². The lowest BCUT2D eigenvalue weighted by Crippen LogP contribution is -2.36. The summed E-state index contributed by atoms with van der Waals surface area (Å²) in [6, 6.07) is 4.85. The Morgan fingerprint density at radius 2 is 2.00 bits per heavy atom. The Morgan fingerprint density at radius 1 is 1.30 bits per heavy atom. The number of hydrogen-bond donors (Lipinski definition) is 3. The highest BCUT2D eigenvalue weighted by Gasteiger charge is 2.23. The van der Waals surface area contributed by atoms with Gasteiger partial charge in [-0.3, -0.25) is 10.1 Å². The van der Waals surface area contributed by atoms with Crippen LogP contribution in [0.5, 0.6) is 0 Å². The van der Waals surface area contributed by atoms with Gasteiger partial charge >= 0.3 is 0 Å². The number of nitro groups is 1. The molecule has 1 aliphatic rings. The maximum Gasteiger partial charge on any atom is 0.273 e. The van der Waals surface area contributed by atoms with Gasteiger partial charge in [-0.05, 0) is 25.8 Å². The first kappa shape index (κ1) is 14.6. The molecule has 1 fully saturated rings. The highest BCUT2D eigenvalue weighted by Crippen LogP contribution is 2.27. The van der Waals surface area contributed by atoms with Crippen LogP contribution in [-0.4, -0.2) is 28.7 Å². The molecule has 6 nitrogen and oxygen atoms in total. The highest BCUT2D eigenvalue weighted by molar-refractivity contribution is 5.63. The number of nitrogens with zero attached hydrogens (tertiary/aromatic N) is 1. The normalized spacial score (nSPS) is 22.3. The molecule has 1 saturated carbocycles. The zero-order valence-corrected chi connectivity index (χ0v) is 11.6. The third-order valence-corrected chi connectivity index (χ3v) is 3.59. The number of rotatable bonds is 5. The summed E-state index contributed by atoms with van der Waals surface area (Å²) in [4.78, 5) is 10.6. The van der Waals surface area contributed by atoms with Gasteiger partial charge in [-0.2, -0.15) is 0 Å². The number of nitrogens with one attached hydrogen (secondary N) is 2. The summed E-state index contributed by atoms with van der Waals surface area (Å²) in [7, 11) is 0. The fraction of sp³-hybridized carbons (Fsp3) is 0.571. The molecule has 0 saturated heterocycles. The molecule has 2 rings (SSSR count). The minimum Gasteiger partial charge on any atom is -0.391 e. The Balaban J connectivity index is 2.18. The zero-order chi connectivity index (χ0) is 14.5. The molecule has 0 spiro atoms. The summed E-state index contributed by atoms with van der Waals surface area (Å²) < 4.78 is 0. The zero-order valence-electron chi connectivity index (χ0n) is 11.6. The molecule has 110 valence electrons. The van der Waals surface area contributed by atoms with Crippen molar-refractivity contribution in [3.05, 3.63) is 28.3 Å². The molecule has 0 radical (unpaired) electrons. The van der Waals surface area contributed by atoms with Crippen LogP contribution >= 0.6 is 0 Å². The van der Waals surface area contributed by atoms with Crippen LogP contribution in [0, 0.1) is 10.1 Å². The van der Waals surface area contributed by atoms with Gasteiger partial charge in [0.1, 0.15) is 0 Å². The largest absolute Gasteiger partial charge is 0.391 e. The van der Waals surface area contributed by atoms with Crippen LogP contribution in [0.3, 0.4) is 0 Å². The van der Waals surface area contributed by atoms with Crippen LogP contribution in [0.2, 0.25) is 0 Å². The molecule has 1 aliphatic carbocycles. The van der Waals surface area contributed by atoms with Gasteiger partial charge < -0.3 is 15.7 Å². The predicted molar refractivity (Wildman–Crippen MR) is 79.1 cm³/mol. The van der Waals surface area contributed by atoms with Crippen molar-refractivity contribution >= 4 is 17.1 Å². The maximum atomic E-state index is 11.0. The molecule has 1 aromatic rings. The fourth-order valence-electron chi connectivity index (χ4n) is 2.60. The Labute approximate surface area is 118 Å². The van der Waals surface area contributed by atoms with Crippen molar-refractivity contribution in [2.75, 3.05) is 17.2 Å². The Bertz CT molecular complexity index is 479. The molecule has 0 amide bonds. The fourth-order valence-corrected chi connectivity index (χ4v) is 2.60. The molecule has 2 unspecified atom stereocenters. The molecule has 0 aliphatic heterocycles. The van der Waals surface area contributed by atoms with Crippen LogP contribution in [0.15, 0.2) is 18.2 Å². The second-order valence-corrected chi connectivity index (χ2v) is 5.16. The standard InChI is InChI=1S/C14H21N3O3/c1-2-15-10-7-11(9-12(8-10)17(19)20)16-13-5-3-4-6-14(13)18/h7-9,13-16,18H,2-6H2,1H3. The van der Waals surface area contributed by atoms with E-state index in [0.717, 1.165) is 31.4 Å². The molecule has 0 heterocycles. The van der Waals surface area contributed by atoms with Gasteiger partial charge in [0, 0.05) is 30.1 Å². The smallest absolute Gasteiger partial charge is 0.273 e. The molecule has 3 N–H and O–H groups in total. The van der Waals surface area contributed by atoms with E-state index in [1.165, 1.54) is 12.1 Å². The van der Waals surface area contributed by atoms with Gasteiger partial charge in [-0.25, -0.2) is 0 Å². The summed E-state index contributed by atoms with van der Waals surface area (Å²) in [5.41, 5.74) is 1.45. The van der Waals surface area contributed by atoms with Crippen molar-refractivity contribution in [1.29, 1.82) is 0 Å². The molecule has 0 aromatic heterocycles. The first-order valence-electron chi connectivity index (χ1n) is 7.08. The van der Waals surface area contributed by atoms with Gasteiger partial charge in [0.2, 0.25) is 0 Å². The van der Waals surface area contributed by atoms with Crippen LogP contribution in [0.1, 0.15) is 32.6 Å². The Kier molecular flexibility index (Phi) is 4.79. The predicted octanol–water partition coefficient (Wildman–Crippen LogP) is 2.74. The van der Waals surface area contributed by atoms with E-state index in [0.29, 0.717) is 12.2 Å². The van der Waals surface area contributed by atoms with Crippen LogP contribution in [0.4, 0.5) is 17.1 Å². The molecule has 1 aromatic carbocycles. The van der Waals surface area contributed by atoms with E-state index in [1.807, 2.05) is 13.0 Å². The van der Waals surface area contributed by atoms with Crippen molar-refractivity contribution in [1.82, 2.24) is 0 Å². The maximum absolute atomic E-state index is 11.0. The quantitative estimate of drug-likeness (QED) is 0.570. The van der Waals surface area contributed by atoms with Gasteiger partial charge in [-0.15, -0.1) is 0 Å². The third-order valence-electron chi connectivity index (χ3n) is 3.59. The van der Waals surface area contributed by atoms with Crippen molar-refractivity contribution < 1.29 is 10.0 Å². The van der Waals surface area contributed by atoms with Crippen LogP contribution in [-0.2, 0) is 0 Å². The van der Waals surface area contributed by atoms with Crippen molar-refractivity contribution in [3.8, 4) is 0 Å². The molecular weight excluding hydrogens is 258 g/mol. The van der Waals surface area contributed by atoms with E-state index >= 15 is 0 Å². The molecule has 2 atom stereocenters.